The molecule has 1 amide bonds. The number of carbonyl (C=O) groups excluding carboxylic acids is 1. The zero-order chi connectivity index (χ0) is 18.4. The highest BCUT2D eigenvalue weighted by molar-refractivity contribution is 6.30. The lowest BCUT2D eigenvalue weighted by molar-refractivity contribution is -0.138. The van der Waals surface area contributed by atoms with Crippen molar-refractivity contribution in [3.05, 3.63) is 64.4 Å². The predicted molar refractivity (Wildman–Crippen MR) is 85.1 cm³/mol. The largest absolute Gasteiger partial charge is 0.484 e. The molecular weight excluding hydrogens is 362 g/mol. The summed E-state index contributed by atoms with van der Waals surface area (Å²) < 4.78 is 56.7. The fraction of sp³-hybridized carbons (Fsp3) is 0.235. The lowest BCUT2D eigenvalue weighted by atomic mass is 10.0. The van der Waals surface area contributed by atoms with Crippen LogP contribution in [0.2, 0.25) is 5.02 Å². The van der Waals surface area contributed by atoms with E-state index in [4.69, 9.17) is 16.3 Å². The molecule has 0 aliphatic heterocycles. The first-order valence-electron chi connectivity index (χ1n) is 7.27. The number of hydrogen-bond donors (Lipinski definition) is 1. The second kappa shape index (κ2) is 8.20. The molecule has 2 rings (SSSR count). The summed E-state index contributed by atoms with van der Waals surface area (Å²) >= 11 is 5.58. The fourth-order valence-electron chi connectivity index (χ4n) is 2.12. The molecule has 0 heterocycles. The Balaban J connectivity index is 1.82. The summed E-state index contributed by atoms with van der Waals surface area (Å²) in [6.45, 7) is -0.331. The first-order chi connectivity index (χ1) is 11.8. The maximum atomic E-state index is 13.0. The minimum absolute atomic E-state index is 0.0272. The van der Waals surface area contributed by atoms with Crippen LogP contribution in [-0.2, 0) is 17.4 Å². The van der Waals surface area contributed by atoms with Crippen LogP contribution in [0.3, 0.4) is 0 Å². The Kier molecular flexibility index (Phi) is 6.25. The van der Waals surface area contributed by atoms with Gasteiger partial charge in [0.1, 0.15) is 11.6 Å². The highest BCUT2D eigenvalue weighted by Crippen LogP contribution is 2.31. The second-order valence-corrected chi connectivity index (χ2v) is 5.53. The molecule has 25 heavy (non-hydrogen) atoms. The zero-order valence-electron chi connectivity index (χ0n) is 12.9. The highest BCUT2D eigenvalue weighted by atomic mass is 35.5. The van der Waals surface area contributed by atoms with Crippen LogP contribution in [0.15, 0.2) is 42.5 Å². The SMILES string of the molecule is O=C(COc1ccc(F)c(Cl)c1)NCCc1ccccc1C(F)(F)F. The van der Waals surface area contributed by atoms with Gasteiger partial charge < -0.3 is 10.1 Å². The maximum absolute atomic E-state index is 13.0. The van der Waals surface area contributed by atoms with E-state index in [-0.39, 0.29) is 35.9 Å². The van der Waals surface area contributed by atoms with Gasteiger partial charge in [-0.1, -0.05) is 29.8 Å². The Morgan fingerprint density at radius 2 is 1.88 bits per heavy atom. The molecule has 0 aliphatic carbocycles. The third kappa shape index (κ3) is 5.63. The van der Waals surface area contributed by atoms with Gasteiger partial charge in [0.05, 0.1) is 10.6 Å². The molecular formula is C17H14ClF4NO2. The molecule has 0 aliphatic rings. The standard InChI is InChI=1S/C17H14ClF4NO2/c18-14-9-12(5-6-15(14)19)25-10-16(24)23-8-7-11-3-1-2-4-13(11)17(20,21)22/h1-6,9H,7-8,10H2,(H,23,24). The molecule has 0 fully saturated rings. The van der Waals surface area contributed by atoms with Gasteiger partial charge in [-0.25, -0.2) is 4.39 Å². The van der Waals surface area contributed by atoms with Crippen LogP contribution < -0.4 is 10.1 Å². The van der Waals surface area contributed by atoms with Crippen LogP contribution in [0.4, 0.5) is 17.6 Å². The minimum Gasteiger partial charge on any atom is -0.484 e. The highest BCUT2D eigenvalue weighted by Gasteiger charge is 2.32. The van der Waals surface area contributed by atoms with Gasteiger partial charge in [0.2, 0.25) is 0 Å². The van der Waals surface area contributed by atoms with Crippen molar-refractivity contribution in [1.29, 1.82) is 0 Å². The van der Waals surface area contributed by atoms with Crippen molar-refractivity contribution >= 4 is 17.5 Å². The quantitative estimate of drug-likeness (QED) is 0.767. The Hall–Kier alpha value is -2.28. The molecule has 8 heteroatoms. The fourth-order valence-corrected chi connectivity index (χ4v) is 2.29. The van der Waals surface area contributed by atoms with E-state index in [1.807, 2.05) is 0 Å². The van der Waals surface area contributed by atoms with Crippen LogP contribution >= 0.6 is 11.6 Å². The number of amides is 1. The van der Waals surface area contributed by atoms with Gasteiger partial charge in [0.25, 0.3) is 5.91 Å². The van der Waals surface area contributed by atoms with Crippen molar-refractivity contribution < 1.29 is 27.1 Å². The summed E-state index contributed by atoms with van der Waals surface area (Å²) in [5.41, 5.74) is -0.622. The third-order valence-corrected chi connectivity index (χ3v) is 3.59. The zero-order valence-corrected chi connectivity index (χ0v) is 13.6. The normalized spacial score (nSPS) is 11.2. The number of rotatable bonds is 6. The van der Waals surface area contributed by atoms with E-state index in [0.717, 1.165) is 12.1 Å². The first-order valence-corrected chi connectivity index (χ1v) is 7.65. The second-order valence-electron chi connectivity index (χ2n) is 5.12. The Labute approximate surface area is 146 Å². The number of halogens is 5. The Morgan fingerprint density at radius 3 is 2.56 bits per heavy atom. The molecule has 0 unspecified atom stereocenters. The summed E-state index contributed by atoms with van der Waals surface area (Å²) in [5.74, 6) is -0.907. The summed E-state index contributed by atoms with van der Waals surface area (Å²) in [4.78, 5) is 11.7. The van der Waals surface area contributed by atoms with Crippen LogP contribution in [0.25, 0.3) is 0 Å². The monoisotopic (exact) mass is 375 g/mol. The predicted octanol–water partition coefficient (Wildman–Crippen LogP) is 4.24. The molecule has 0 atom stereocenters. The van der Waals surface area contributed by atoms with E-state index in [9.17, 15) is 22.4 Å². The van der Waals surface area contributed by atoms with E-state index >= 15 is 0 Å². The third-order valence-electron chi connectivity index (χ3n) is 3.30. The van der Waals surface area contributed by atoms with Crippen LogP contribution in [0.5, 0.6) is 5.75 Å². The van der Waals surface area contributed by atoms with Crippen molar-refractivity contribution in [2.45, 2.75) is 12.6 Å². The van der Waals surface area contributed by atoms with Gasteiger partial charge in [-0.2, -0.15) is 13.2 Å². The summed E-state index contributed by atoms with van der Waals surface area (Å²) in [7, 11) is 0. The number of ether oxygens (including phenoxy) is 1. The molecule has 0 saturated heterocycles. The lowest BCUT2D eigenvalue weighted by Gasteiger charge is -2.13. The number of nitrogens with one attached hydrogen (secondary N) is 1. The Bertz CT molecular complexity index is 750. The van der Waals surface area contributed by atoms with Crippen molar-refractivity contribution in [1.82, 2.24) is 5.32 Å². The number of benzene rings is 2. The molecule has 0 bridgehead atoms. The van der Waals surface area contributed by atoms with Gasteiger partial charge >= 0.3 is 6.18 Å². The van der Waals surface area contributed by atoms with Crippen molar-refractivity contribution in [3.63, 3.8) is 0 Å². The van der Waals surface area contributed by atoms with E-state index in [1.165, 1.54) is 30.3 Å². The summed E-state index contributed by atoms with van der Waals surface area (Å²) in [6, 6.07) is 8.83. The van der Waals surface area contributed by atoms with Crippen LogP contribution in [0, 0.1) is 5.82 Å². The molecule has 0 radical (unpaired) electrons. The van der Waals surface area contributed by atoms with Crippen LogP contribution in [-0.4, -0.2) is 19.1 Å². The molecule has 2 aromatic carbocycles. The summed E-state index contributed by atoms with van der Waals surface area (Å²) in [5, 5.41) is 2.33. The average molecular weight is 376 g/mol. The maximum Gasteiger partial charge on any atom is 0.416 e. The molecule has 134 valence electrons. The van der Waals surface area contributed by atoms with Gasteiger partial charge in [-0.15, -0.1) is 0 Å². The minimum atomic E-state index is -4.44. The molecule has 0 spiro atoms. The average Bonchev–Trinajstić information content (AvgIpc) is 2.55. The molecule has 2 aromatic rings. The van der Waals surface area contributed by atoms with Gasteiger partial charge in [0, 0.05) is 12.6 Å². The first kappa shape index (κ1) is 19.1. The summed E-state index contributed by atoms with van der Waals surface area (Å²) in [6.07, 6.45) is -4.41. The van der Waals surface area contributed by atoms with Crippen LogP contribution in [0.1, 0.15) is 11.1 Å². The molecule has 0 saturated carbocycles. The smallest absolute Gasteiger partial charge is 0.416 e. The van der Waals surface area contributed by atoms with E-state index < -0.39 is 23.5 Å². The van der Waals surface area contributed by atoms with Gasteiger partial charge in [-0.05, 0) is 30.2 Å². The van der Waals surface area contributed by atoms with E-state index in [2.05, 4.69) is 5.32 Å². The van der Waals surface area contributed by atoms with Crippen molar-refractivity contribution in [2.75, 3.05) is 13.2 Å². The molecule has 3 nitrogen and oxygen atoms in total. The van der Waals surface area contributed by atoms with Crippen molar-refractivity contribution in [2.24, 2.45) is 0 Å². The number of alkyl halides is 3. The van der Waals surface area contributed by atoms with E-state index in [1.54, 1.807) is 0 Å². The van der Waals surface area contributed by atoms with E-state index in [0.29, 0.717) is 0 Å². The topological polar surface area (TPSA) is 38.3 Å². The van der Waals surface area contributed by atoms with Crippen molar-refractivity contribution in [3.8, 4) is 5.75 Å². The number of carbonyl (C=O) groups is 1. The van der Waals surface area contributed by atoms with Gasteiger partial charge in [0.15, 0.2) is 6.61 Å². The Morgan fingerprint density at radius 1 is 1.16 bits per heavy atom. The van der Waals surface area contributed by atoms with Gasteiger partial charge in [-0.3, -0.25) is 4.79 Å². The number of hydrogen-bond acceptors (Lipinski definition) is 2. The molecule has 0 aromatic heterocycles. The molecule has 1 N–H and O–H groups in total. The lowest BCUT2D eigenvalue weighted by Crippen LogP contribution is -2.30.